The molecule has 0 saturated carbocycles. The average molecular weight is 558 g/mol. The Labute approximate surface area is 225 Å². The third kappa shape index (κ3) is 5.82. The fourth-order valence-corrected chi connectivity index (χ4v) is 5.97. The van der Waals surface area contributed by atoms with Gasteiger partial charge in [0.05, 0.1) is 17.2 Å². The minimum absolute atomic E-state index is 0.139. The normalized spacial score (nSPS) is 15.9. The number of hydrogen-bond donors (Lipinski definition) is 0. The van der Waals surface area contributed by atoms with Gasteiger partial charge in [-0.3, -0.25) is 0 Å². The Bertz CT molecular complexity index is 1490. The van der Waals surface area contributed by atoms with Gasteiger partial charge in [-0.2, -0.15) is 4.98 Å². The average Bonchev–Trinajstić information content (AvgIpc) is 3.55. The van der Waals surface area contributed by atoms with Crippen molar-refractivity contribution in [2.75, 3.05) is 38.0 Å². The van der Waals surface area contributed by atoms with Crippen molar-refractivity contribution in [3.8, 4) is 16.5 Å². The van der Waals surface area contributed by atoms with Crippen molar-refractivity contribution in [1.29, 1.82) is 0 Å². The zero-order chi connectivity index (χ0) is 26.9. The summed E-state index contributed by atoms with van der Waals surface area (Å²) in [4.78, 5) is 17.1. The highest BCUT2D eigenvalue weighted by Crippen LogP contribution is 2.33. The Balaban J connectivity index is 1.27. The first-order valence-corrected chi connectivity index (χ1v) is 15.2. The van der Waals surface area contributed by atoms with Crippen LogP contribution in [0.4, 0.5) is 6.01 Å². The van der Waals surface area contributed by atoms with Crippen molar-refractivity contribution < 1.29 is 22.4 Å². The molecule has 0 spiro atoms. The minimum Gasteiger partial charge on any atom is -0.464 e. The molecule has 0 N–H and O–H groups in total. The molecule has 1 aliphatic heterocycles. The number of benzene rings is 1. The number of rotatable bonds is 9. The second-order valence-corrected chi connectivity index (χ2v) is 12.8. The van der Waals surface area contributed by atoms with E-state index in [4.69, 9.17) is 19.0 Å². The second kappa shape index (κ2) is 11.0. The van der Waals surface area contributed by atoms with E-state index in [0.717, 1.165) is 53.4 Å². The molecule has 1 unspecified atom stereocenters. The number of piperidine rings is 1. The van der Waals surface area contributed by atoms with Crippen molar-refractivity contribution in [1.82, 2.24) is 20.1 Å². The molecule has 4 aromatic rings. The molecule has 202 valence electrons. The van der Waals surface area contributed by atoms with Gasteiger partial charge in [-0.25, -0.2) is 18.4 Å². The van der Waals surface area contributed by atoms with Gasteiger partial charge in [0.2, 0.25) is 0 Å². The predicted molar refractivity (Wildman–Crippen MR) is 146 cm³/mol. The summed E-state index contributed by atoms with van der Waals surface area (Å²) in [5.41, 5.74) is 2.33. The van der Waals surface area contributed by atoms with Crippen molar-refractivity contribution in [3.63, 3.8) is 0 Å². The van der Waals surface area contributed by atoms with Crippen LogP contribution in [0.5, 0.6) is 5.19 Å². The summed E-state index contributed by atoms with van der Waals surface area (Å²) in [6.07, 6.45) is 2.87. The van der Waals surface area contributed by atoms with Crippen LogP contribution in [-0.2, 0) is 14.6 Å². The highest BCUT2D eigenvalue weighted by atomic mass is 32.2. The van der Waals surface area contributed by atoms with Crippen LogP contribution in [0, 0.1) is 5.92 Å². The molecule has 1 fully saturated rings. The molecule has 0 radical (unpaired) electrons. The summed E-state index contributed by atoms with van der Waals surface area (Å²) in [6, 6.07) is 11.1. The summed E-state index contributed by atoms with van der Waals surface area (Å²) >= 11 is 1.39. The monoisotopic (exact) mass is 557 g/mol. The van der Waals surface area contributed by atoms with Crippen molar-refractivity contribution in [2.24, 2.45) is 5.92 Å². The zero-order valence-corrected chi connectivity index (χ0v) is 23.5. The predicted octanol–water partition coefficient (Wildman–Crippen LogP) is 4.58. The number of pyridine rings is 1. The maximum absolute atomic E-state index is 11.8. The van der Waals surface area contributed by atoms with Crippen LogP contribution in [0.25, 0.3) is 21.6 Å². The van der Waals surface area contributed by atoms with Crippen LogP contribution in [-0.4, -0.2) is 67.7 Å². The van der Waals surface area contributed by atoms with Crippen LogP contribution >= 0.6 is 11.3 Å². The first kappa shape index (κ1) is 26.5. The number of nitrogens with zero attached hydrogens (tertiary/aromatic N) is 5. The minimum atomic E-state index is -3.25. The SMILES string of the molecule is COCC(Oc1nc2ccc(-c3ccc(S(C)(=O)=O)cc3)nc2s1)C1CCN(c2nc(C(C)C)no2)CC1. The molecule has 1 aliphatic rings. The molecule has 0 aliphatic carbocycles. The van der Waals surface area contributed by atoms with E-state index in [2.05, 4.69) is 20.0 Å². The Morgan fingerprint density at radius 3 is 2.45 bits per heavy atom. The summed E-state index contributed by atoms with van der Waals surface area (Å²) in [6.45, 7) is 6.16. The first-order valence-electron chi connectivity index (χ1n) is 12.5. The lowest BCUT2D eigenvalue weighted by Gasteiger charge is -2.34. The van der Waals surface area contributed by atoms with Gasteiger partial charge in [0.1, 0.15) is 16.5 Å². The number of sulfone groups is 1. The van der Waals surface area contributed by atoms with E-state index < -0.39 is 9.84 Å². The fraction of sp³-hybridized carbons (Fsp3) is 0.462. The molecule has 3 aromatic heterocycles. The van der Waals surface area contributed by atoms with Gasteiger partial charge in [0.15, 0.2) is 15.7 Å². The van der Waals surface area contributed by atoms with E-state index >= 15 is 0 Å². The summed E-state index contributed by atoms with van der Waals surface area (Å²) in [7, 11) is -1.57. The van der Waals surface area contributed by atoms with Crippen LogP contribution in [0.3, 0.4) is 0 Å². The van der Waals surface area contributed by atoms with Crippen molar-refractivity contribution in [3.05, 3.63) is 42.2 Å². The van der Waals surface area contributed by atoms with Gasteiger partial charge in [-0.15, -0.1) is 0 Å². The van der Waals surface area contributed by atoms with E-state index in [0.29, 0.717) is 23.7 Å². The third-order valence-corrected chi connectivity index (χ3v) is 8.66. The van der Waals surface area contributed by atoms with Crippen molar-refractivity contribution >= 4 is 37.5 Å². The number of aromatic nitrogens is 4. The molecule has 4 heterocycles. The number of anilines is 1. The molecule has 0 amide bonds. The molecule has 0 bridgehead atoms. The number of ether oxygens (including phenoxy) is 2. The van der Waals surface area contributed by atoms with Gasteiger partial charge in [0, 0.05) is 43.9 Å². The molecule has 1 aromatic carbocycles. The molecule has 1 saturated heterocycles. The van der Waals surface area contributed by atoms with Crippen molar-refractivity contribution in [2.45, 2.75) is 43.6 Å². The molecule has 10 nitrogen and oxygen atoms in total. The fourth-order valence-electron chi connectivity index (χ4n) is 4.49. The molecule has 38 heavy (non-hydrogen) atoms. The Kier molecular flexibility index (Phi) is 7.64. The van der Waals surface area contributed by atoms with Gasteiger partial charge >= 0.3 is 6.01 Å². The smallest absolute Gasteiger partial charge is 0.324 e. The van der Waals surface area contributed by atoms with E-state index in [1.807, 2.05) is 26.0 Å². The first-order chi connectivity index (χ1) is 18.2. The lowest BCUT2D eigenvalue weighted by atomic mass is 9.91. The second-order valence-electron chi connectivity index (χ2n) is 9.82. The largest absolute Gasteiger partial charge is 0.464 e. The molecular formula is C26H31N5O5S2. The Hall–Kier alpha value is -3.09. The zero-order valence-electron chi connectivity index (χ0n) is 21.8. The highest BCUT2D eigenvalue weighted by molar-refractivity contribution is 7.90. The van der Waals surface area contributed by atoms with Crippen LogP contribution in [0.2, 0.25) is 0 Å². The van der Waals surface area contributed by atoms with Gasteiger partial charge in [0.25, 0.3) is 5.19 Å². The summed E-state index contributed by atoms with van der Waals surface area (Å²) < 4.78 is 40.8. The summed E-state index contributed by atoms with van der Waals surface area (Å²) in [5, 5.41) is 4.64. The van der Waals surface area contributed by atoms with E-state index in [-0.39, 0.29) is 16.9 Å². The van der Waals surface area contributed by atoms with Crippen LogP contribution in [0.1, 0.15) is 38.4 Å². The maximum atomic E-state index is 11.8. The molecule has 12 heteroatoms. The van der Waals surface area contributed by atoms with Crippen LogP contribution < -0.4 is 9.64 Å². The van der Waals surface area contributed by atoms with E-state index in [1.54, 1.807) is 31.4 Å². The molecule has 1 atom stereocenters. The quantitative estimate of drug-likeness (QED) is 0.289. The third-order valence-electron chi connectivity index (χ3n) is 6.68. The van der Waals surface area contributed by atoms with Crippen LogP contribution in [0.15, 0.2) is 45.8 Å². The Morgan fingerprint density at radius 2 is 1.82 bits per heavy atom. The topological polar surface area (TPSA) is 121 Å². The number of fused-ring (bicyclic) bond motifs is 1. The lowest BCUT2D eigenvalue weighted by molar-refractivity contribution is 0.0344. The van der Waals surface area contributed by atoms with Gasteiger partial charge < -0.3 is 18.9 Å². The standard InChI is InChI=1S/C26H31N5O5S2/c1-16(2)23-29-25(36-30-23)31-13-11-18(12-14-31)22(15-34-3)35-26-28-21-10-9-20(27-24(21)37-26)17-5-7-19(8-6-17)38(4,32)33/h5-10,16,18,22H,11-15H2,1-4H3. The van der Waals surface area contributed by atoms with E-state index in [9.17, 15) is 8.42 Å². The highest BCUT2D eigenvalue weighted by Gasteiger charge is 2.31. The van der Waals surface area contributed by atoms with Gasteiger partial charge in [-0.1, -0.05) is 42.5 Å². The molecule has 5 rings (SSSR count). The Morgan fingerprint density at radius 1 is 1.08 bits per heavy atom. The number of hydrogen-bond acceptors (Lipinski definition) is 11. The summed E-state index contributed by atoms with van der Waals surface area (Å²) in [5.74, 6) is 1.24. The lowest BCUT2D eigenvalue weighted by Crippen LogP contribution is -2.41. The number of thiazole rings is 1. The molecular weight excluding hydrogens is 526 g/mol. The maximum Gasteiger partial charge on any atom is 0.324 e. The number of methoxy groups -OCH3 is 1. The van der Waals surface area contributed by atoms with Gasteiger partial charge in [-0.05, 0) is 37.1 Å². The van der Waals surface area contributed by atoms with E-state index in [1.165, 1.54) is 17.6 Å².